The zero-order chi connectivity index (χ0) is 17.6. The van der Waals surface area contributed by atoms with E-state index < -0.39 is 12.7 Å². The highest BCUT2D eigenvalue weighted by molar-refractivity contribution is 5.91. The topological polar surface area (TPSA) is 123 Å². The molecule has 0 aliphatic heterocycles. The van der Waals surface area contributed by atoms with Crippen molar-refractivity contribution in [2.24, 2.45) is 10.7 Å². The molecule has 132 valence electrons. The molecule has 2 heterocycles. The molecule has 0 amide bonds. The van der Waals surface area contributed by atoms with Gasteiger partial charge < -0.3 is 11.1 Å². The number of nitrogens with zero attached hydrogens (tertiary/aromatic N) is 6. The summed E-state index contributed by atoms with van der Waals surface area (Å²) in [6.45, 7) is 1.05. The lowest BCUT2D eigenvalue weighted by molar-refractivity contribution is -0.118. The van der Waals surface area contributed by atoms with Crippen LogP contribution in [0.2, 0.25) is 0 Å². The van der Waals surface area contributed by atoms with Gasteiger partial charge in [0.15, 0.2) is 17.6 Å². The van der Waals surface area contributed by atoms with E-state index in [1.807, 2.05) is 6.92 Å². The number of unbranched alkanes of at least 4 members (excludes halogenated alkanes) is 1. The maximum absolute atomic E-state index is 12.0. The summed E-state index contributed by atoms with van der Waals surface area (Å²) >= 11 is 0. The summed E-state index contributed by atoms with van der Waals surface area (Å²) in [5.41, 5.74) is 5.36. The summed E-state index contributed by atoms with van der Waals surface area (Å²) in [6, 6.07) is 0. The molecule has 0 aliphatic rings. The Morgan fingerprint density at radius 2 is 2.21 bits per heavy atom. The van der Waals surface area contributed by atoms with Crippen LogP contribution < -0.4 is 11.1 Å². The molecular formula is C12H18F3N9. The van der Waals surface area contributed by atoms with Crippen molar-refractivity contribution >= 4 is 11.8 Å². The number of aryl methyl sites for hydroxylation is 3. The minimum absolute atomic E-state index is 0.239. The Bertz CT molecular complexity index is 673. The molecule has 24 heavy (non-hydrogen) atoms. The molecule has 9 nitrogen and oxygen atoms in total. The molecule has 0 bridgehead atoms. The van der Waals surface area contributed by atoms with Gasteiger partial charge in [0.05, 0.1) is 12.7 Å². The maximum atomic E-state index is 12.0. The third-order valence-electron chi connectivity index (χ3n) is 2.87. The molecule has 0 unspecified atom stereocenters. The van der Waals surface area contributed by atoms with E-state index in [9.17, 15) is 13.2 Å². The molecule has 0 radical (unpaired) electrons. The van der Waals surface area contributed by atoms with E-state index in [0.717, 1.165) is 30.9 Å². The second-order valence-electron chi connectivity index (χ2n) is 5.06. The summed E-state index contributed by atoms with van der Waals surface area (Å²) in [5, 5.41) is 17.3. The van der Waals surface area contributed by atoms with Gasteiger partial charge in [-0.3, -0.25) is 5.10 Å². The molecule has 2 rings (SSSR count). The first-order valence-corrected chi connectivity index (χ1v) is 7.23. The molecule has 0 fully saturated rings. The van der Waals surface area contributed by atoms with Crippen molar-refractivity contribution in [3.63, 3.8) is 0 Å². The normalized spacial score (nSPS) is 12.6. The Balaban J connectivity index is 1.72. The van der Waals surface area contributed by atoms with Crippen LogP contribution in [0, 0.1) is 6.92 Å². The number of aromatic nitrogens is 6. The average Bonchev–Trinajstić information content (AvgIpc) is 3.10. The SMILES string of the molecule is Cc1nc(CCCCn2ncc(NC(N)=NCC(F)(F)F)n2)n[nH]1. The van der Waals surface area contributed by atoms with Crippen LogP contribution in [0.3, 0.4) is 0 Å². The van der Waals surface area contributed by atoms with E-state index >= 15 is 0 Å². The van der Waals surface area contributed by atoms with Gasteiger partial charge in [-0.1, -0.05) is 0 Å². The van der Waals surface area contributed by atoms with Crippen LogP contribution in [0.25, 0.3) is 0 Å². The highest BCUT2D eigenvalue weighted by Crippen LogP contribution is 2.14. The summed E-state index contributed by atoms with van der Waals surface area (Å²) in [7, 11) is 0. The second-order valence-corrected chi connectivity index (χ2v) is 5.06. The van der Waals surface area contributed by atoms with E-state index in [1.54, 1.807) is 0 Å². The van der Waals surface area contributed by atoms with Gasteiger partial charge in [-0.15, -0.1) is 5.10 Å². The third kappa shape index (κ3) is 6.22. The number of nitrogens with one attached hydrogen (secondary N) is 2. The largest absolute Gasteiger partial charge is 0.408 e. The monoisotopic (exact) mass is 345 g/mol. The van der Waals surface area contributed by atoms with Crippen molar-refractivity contribution in [3.05, 3.63) is 17.8 Å². The molecule has 2 aromatic heterocycles. The molecule has 0 spiro atoms. The Morgan fingerprint density at radius 3 is 2.88 bits per heavy atom. The number of alkyl halides is 3. The Hall–Kier alpha value is -2.66. The molecule has 12 heteroatoms. The van der Waals surface area contributed by atoms with Crippen LogP contribution in [0.1, 0.15) is 24.5 Å². The van der Waals surface area contributed by atoms with Crippen molar-refractivity contribution < 1.29 is 13.2 Å². The van der Waals surface area contributed by atoms with Crippen LogP contribution in [0.15, 0.2) is 11.2 Å². The number of hydrogen-bond donors (Lipinski definition) is 3. The van der Waals surface area contributed by atoms with Gasteiger partial charge in [0.25, 0.3) is 0 Å². The predicted octanol–water partition coefficient (Wildman–Crippen LogP) is 1.02. The smallest absolute Gasteiger partial charge is 0.370 e. The van der Waals surface area contributed by atoms with Crippen LogP contribution in [0.5, 0.6) is 0 Å². The minimum Gasteiger partial charge on any atom is -0.370 e. The zero-order valence-electron chi connectivity index (χ0n) is 13.0. The Kier molecular flexibility index (Phi) is 5.71. The molecule has 0 aromatic carbocycles. The van der Waals surface area contributed by atoms with Gasteiger partial charge in [0.1, 0.15) is 12.4 Å². The second kappa shape index (κ2) is 7.75. The summed E-state index contributed by atoms with van der Waals surface area (Å²) in [6.07, 6.45) is -0.621. The molecule has 0 atom stereocenters. The van der Waals surface area contributed by atoms with Crippen molar-refractivity contribution in [2.75, 3.05) is 11.9 Å². The molecule has 0 aliphatic carbocycles. The predicted molar refractivity (Wildman–Crippen MR) is 80.2 cm³/mol. The average molecular weight is 345 g/mol. The third-order valence-corrected chi connectivity index (χ3v) is 2.87. The quantitative estimate of drug-likeness (QED) is 0.391. The number of hydrogen-bond acceptors (Lipinski definition) is 5. The molecule has 4 N–H and O–H groups in total. The first-order chi connectivity index (χ1) is 11.3. The number of H-pyrrole nitrogens is 1. The summed E-state index contributed by atoms with van der Waals surface area (Å²) < 4.78 is 36.1. The van der Waals surface area contributed by atoms with Gasteiger partial charge in [0.2, 0.25) is 0 Å². The zero-order valence-corrected chi connectivity index (χ0v) is 13.0. The van der Waals surface area contributed by atoms with E-state index in [2.05, 4.69) is 35.7 Å². The highest BCUT2D eigenvalue weighted by atomic mass is 19.4. The fourth-order valence-corrected chi connectivity index (χ4v) is 1.85. The Labute approximate surface area is 135 Å². The molecule has 0 saturated carbocycles. The highest BCUT2D eigenvalue weighted by Gasteiger charge is 2.26. The number of nitrogens with two attached hydrogens (primary N) is 1. The summed E-state index contributed by atoms with van der Waals surface area (Å²) in [4.78, 5) is 8.81. The maximum Gasteiger partial charge on any atom is 0.408 e. The van der Waals surface area contributed by atoms with E-state index in [4.69, 9.17) is 5.73 Å². The van der Waals surface area contributed by atoms with E-state index in [1.165, 1.54) is 11.0 Å². The summed E-state index contributed by atoms with van der Waals surface area (Å²) in [5.74, 6) is 1.42. The van der Waals surface area contributed by atoms with Crippen LogP contribution in [-0.2, 0) is 13.0 Å². The van der Waals surface area contributed by atoms with Gasteiger partial charge >= 0.3 is 6.18 Å². The lowest BCUT2D eigenvalue weighted by Gasteiger charge is -2.04. The number of guanidine groups is 1. The van der Waals surface area contributed by atoms with Crippen molar-refractivity contribution in [1.29, 1.82) is 0 Å². The number of anilines is 1. The van der Waals surface area contributed by atoms with Gasteiger partial charge in [-0.25, -0.2) is 9.98 Å². The van der Waals surface area contributed by atoms with Gasteiger partial charge in [-0.2, -0.15) is 28.2 Å². The molecule has 0 saturated heterocycles. The molecular weight excluding hydrogens is 327 g/mol. The van der Waals surface area contributed by atoms with Crippen molar-refractivity contribution in [2.45, 2.75) is 38.9 Å². The lowest BCUT2D eigenvalue weighted by Crippen LogP contribution is -2.25. The number of aliphatic imine (C=N–C) groups is 1. The van der Waals surface area contributed by atoms with Gasteiger partial charge in [0, 0.05) is 6.42 Å². The van der Waals surface area contributed by atoms with Crippen LogP contribution in [0.4, 0.5) is 19.0 Å². The molecule has 2 aromatic rings. The van der Waals surface area contributed by atoms with E-state index in [-0.39, 0.29) is 11.8 Å². The lowest BCUT2D eigenvalue weighted by atomic mass is 10.2. The number of aromatic amines is 1. The fourth-order valence-electron chi connectivity index (χ4n) is 1.85. The van der Waals surface area contributed by atoms with Crippen LogP contribution >= 0.6 is 0 Å². The van der Waals surface area contributed by atoms with Crippen molar-refractivity contribution in [3.8, 4) is 0 Å². The standard InChI is InChI=1S/C12H18F3N9/c1-8-19-9(22-21-8)4-2-3-5-24-18-6-10(23-24)20-11(16)17-7-12(13,14)15/h6H,2-5,7H2,1H3,(H,19,21,22)(H3,16,17,20,23). The first kappa shape index (κ1) is 17.7. The van der Waals surface area contributed by atoms with Gasteiger partial charge in [-0.05, 0) is 19.8 Å². The van der Waals surface area contributed by atoms with Crippen LogP contribution in [-0.4, -0.2) is 48.9 Å². The first-order valence-electron chi connectivity index (χ1n) is 7.23. The Morgan fingerprint density at radius 1 is 1.42 bits per heavy atom. The van der Waals surface area contributed by atoms with Crippen molar-refractivity contribution in [1.82, 2.24) is 30.2 Å². The number of rotatable bonds is 7. The van der Waals surface area contributed by atoms with E-state index in [0.29, 0.717) is 6.54 Å². The minimum atomic E-state index is -4.40. The fraction of sp³-hybridized carbons (Fsp3) is 0.583. The number of halogens is 3.